The number of carbonyl (C=O) groups is 1. The number of anilines is 1. The van der Waals surface area contributed by atoms with Crippen LogP contribution in [0.15, 0.2) is 45.8 Å². The first-order valence-electron chi connectivity index (χ1n) is 5.61. The number of nitrogens with one attached hydrogen (secondary N) is 1. The number of hydrogen-bond acceptors (Lipinski definition) is 2. The normalized spacial score (nSPS) is 10.4. The van der Waals surface area contributed by atoms with E-state index in [1.54, 1.807) is 42.1 Å². The monoisotopic (exact) mass is 389 g/mol. The highest BCUT2D eigenvalue weighted by molar-refractivity contribution is 9.10. The number of amides is 1. The summed E-state index contributed by atoms with van der Waals surface area (Å²) in [5, 5.41) is 3.63. The molecule has 2 nitrogen and oxygen atoms in total. The number of thioether (sulfide) groups is 1. The summed E-state index contributed by atoms with van der Waals surface area (Å²) in [5.74, 6) is -0.282. The van der Waals surface area contributed by atoms with Gasteiger partial charge in [0.2, 0.25) is 0 Å². The van der Waals surface area contributed by atoms with E-state index in [0.29, 0.717) is 21.3 Å². The van der Waals surface area contributed by atoms with E-state index in [2.05, 4.69) is 21.2 Å². The molecule has 0 aliphatic rings. The second-order valence-corrected chi connectivity index (χ2v) is 6.53. The zero-order valence-corrected chi connectivity index (χ0v) is 14.3. The predicted molar refractivity (Wildman–Crippen MR) is 90.3 cm³/mol. The first-order valence-corrected chi connectivity index (χ1v) is 8.38. The summed E-state index contributed by atoms with van der Waals surface area (Å²) in [4.78, 5) is 13.2. The topological polar surface area (TPSA) is 29.1 Å². The van der Waals surface area contributed by atoms with Crippen LogP contribution in [0.1, 0.15) is 10.4 Å². The smallest absolute Gasteiger partial charge is 0.257 e. The molecule has 2 aromatic carbocycles. The van der Waals surface area contributed by atoms with Crippen LogP contribution in [-0.2, 0) is 0 Å². The SMILES string of the molecule is CSc1ccc(Cl)c(C(=O)Nc2ccc(Br)cc2Cl)c1. The molecule has 0 heterocycles. The zero-order valence-electron chi connectivity index (χ0n) is 10.4. The molecule has 0 aromatic heterocycles. The molecule has 2 aromatic rings. The molecule has 104 valence electrons. The van der Waals surface area contributed by atoms with Crippen molar-refractivity contribution >= 4 is 62.5 Å². The third-order valence-corrected chi connectivity index (χ3v) is 4.46. The Morgan fingerprint density at radius 1 is 1.15 bits per heavy atom. The fourth-order valence-corrected chi connectivity index (χ4v) is 2.95. The molecule has 2 rings (SSSR count). The van der Waals surface area contributed by atoms with Gasteiger partial charge in [-0.1, -0.05) is 39.1 Å². The van der Waals surface area contributed by atoms with E-state index >= 15 is 0 Å². The third-order valence-electron chi connectivity index (χ3n) is 2.60. The average molecular weight is 391 g/mol. The number of hydrogen-bond donors (Lipinski definition) is 1. The van der Waals surface area contributed by atoms with Crippen LogP contribution in [0.2, 0.25) is 10.0 Å². The van der Waals surface area contributed by atoms with Crippen LogP contribution < -0.4 is 5.32 Å². The van der Waals surface area contributed by atoms with Crippen LogP contribution in [-0.4, -0.2) is 12.2 Å². The largest absolute Gasteiger partial charge is 0.321 e. The predicted octanol–water partition coefficient (Wildman–Crippen LogP) is 5.73. The van der Waals surface area contributed by atoms with Crippen molar-refractivity contribution in [1.82, 2.24) is 0 Å². The molecule has 1 amide bonds. The van der Waals surface area contributed by atoms with Gasteiger partial charge in [-0.25, -0.2) is 0 Å². The van der Waals surface area contributed by atoms with Gasteiger partial charge in [0.25, 0.3) is 5.91 Å². The van der Waals surface area contributed by atoms with Crippen molar-refractivity contribution in [3.05, 3.63) is 56.5 Å². The van der Waals surface area contributed by atoms with Gasteiger partial charge in [0, 0.05) is 9.37 Å². The minimum absolute atomic E-state index is 0.282. The van der Waals surface area contributed by atoms with Crippen molar-refractivity contribution in [2.24, 2.45) is 0 Å². The van der Waals surface area contributed by atoms with Gasteiger partial charge in [-0.05, 0) is 42.7 Å². The summed E-state index contributed by atoms with van der Waals surface area (Å²) in [5.41, 5.74) is 0.975. The van der Waals surface area contributed by atoms with Crippen molar-refractivity contribution in [2.75, 3.05) is 11.6 Å². The summed E-state index contributed by atoms with van der Waals surface area (Å²) in [6, 6.07) is 10.6. The van der Waals surface area contributed by atoms with Gasteiger partial charge in [-0.15, -0.1) is 11.8 Å². The second-order valence-electron chi connectivity index (χ2n) is 3.92. The van der Waals surface area contributed by atoms with Gasteiger partial charge in [-0.3, -0.25) is 4.79 Å². The average Bonchev–Trinajstić information content (AvgIpc) is 2.42. The molecule has 0 atom stereocenters. The molecule has 20 heavy (non-hydrogen) atoms. The van der Waals surface area contributed by atoms with Gasteiger partial charge in [0.05, 0.1) is 21.3 Å². The van der Waals surface area contributed by atoms with Gasteiger partial charge in [-0.2, -0.15) is 0 Å². The lowest BCUT2D eigenvalue weighted by Gasteiger charge is -2.09. The minimum Gasteiger partial charge on any atom is -0.321 e. The van der Waals surface area contributed by atoms with Gasteiger partial charge in [0.15, 0.2) is 0 Å². The Morgan fingerprint density at radius 3 is 2.55 bits per heavy atom. The standard InChI is InChI=1S/C14H10BrCl2NOS/c1-20-9-3-4-11(16)10(7-9)14(19)18-13-5-2-8(15)6-12(13)17/h2-7H,1H3,(H,18,19). The Labute approximate surface area is 140 Å². The van der Waals surface area contributed by atoms with Crippen molar-refractivity contribution in [3.63, 3.8) is 0 Å². The van der Waals surface area contributed by atoms with Crippen LogP contribution >= 0.6 is 50.9 Å². The van der Waals surface area contributed by atoms with E-state index in [1.807, 2.05) is 12.3 Å². The van der Waals surface area contributed by atoms with Gasteiger partial charge >= 0.3 is 0 Å². The Bertz CT molecular complexity index is 664. The summed E-state index contributed by atoms with van der Waals surface area (Å²) in [6.45, 7) is 0. The minimum atomic E-state index is -0.282. The van der Waals surface area contributed by atoms with Gasteiger partial charge < -0.3 is 5.32 Å². The number of benzene rings is 2. The van der Waals surface area contributed by atoms with E-state index in [1.165, 1.54) is 0 Å². The Balaban J connectivity index is 2.28. The Morgan fingerprint density at radius 2 is 1.90 bits per heavy atom. The van der Waals surface area contributed by atoms with Crippen molar-refractivity contribution < 1.29 is 4.79 Å². The lowest BCUT2D eigenvalue weighted by atomic mass is 10.2. The first-order chi connectivity index (χ1) is 9.51. The van der Waals surface area contributed by atoms with Crippen LogP contribution in [0.5, 0.6) is 0 Å². The quantitative estimate of drug-likeness (QED) is 0.678. The number of halogens is 3. The van der Waals surface area contributed by atoms with Crippen molar-refractivity contribution in [3.8, 4) is 0 Å². The second kappa shape index (κ2) is 6.85. The highest BCUT2D eigenvalue weighted by Gasteiger charge is 2.13. The van der Waals surface area contributed by atoms with Crippen LogP contribution in [0.25, 0.3) is 0 Å². The van der Waals surface area contributed by atoms with E-state index in [4.69, 9.17) is 23.2 Å². The molecule has 6 heteroatoms. The van der Waals surface area contributed by atoms with Crippen LogP contribution in [0.3, 0.4) is 0 Å². The molecule has 1 N–H and O–H groups in total. The molecule has 0 fully saturated rings. The molecule has 0 saturated carbocycles. The summed E-state index contributed by atoms with van der Waals surface area (Å²) >= 11 is 17.0. The van der Waals surface area contributed by atoms with Crippen LogP contribution in [0.4, 0.5) is 5.69 Å². The van der Waals surface area contributed by atoms with Crippen molar-refractivity contribution in [2.45, 2.75) is 4.90 Å². The summed E-state index contributed by atoms with van der Waals surface area (Å²) in [6.07, 6.45) is 1.94. The van der Waals surface area contributed by atoms with E-state index in [9.17, 15) is 4.79 Å². The Kier molecular flexibility index (Phi) is 5.38. The molecule has 0 unspecified atom stereocenters. The Hall–Kier alpha value is -0.680. The lowest BCUT2D eigenvalue weighted by Crippen LogP contribution is -2.12. The molecular weight excluding hydrogens is 381 g/mol. The summed E-state index contributed by atoms with van der Waals surface area (Å²) in [7, 11) is 0. The highest BCUT2D eigenvalue weighted by atomic mass is 79.9. The van der Waals surface area contributed by atoms with Crippen LogP contribution in [0, 0.1) is 0 Å². The van der Waals surface area contributed by atoms with E-state index in [-0.39, 0.29) is 5.91 Å². The molecule has 0 spiro atoms. The highest BCUT2D eigenvalue weighted by Crippen LogP contribution is 2.28. The molecule has 0 aliphatic heterocycles. The first kappa shape index (κ1) is 15.7. The number of rotatable bonds is 3. The third kappa shape index (κ3) is 3.70. The molecule has 0 radical (unpaired) electrons. The maximum Gasteiger partial charge on any atom is 0.257 e. The lowest BCUT2D eigenvalue weighted by molar-refractivity contribution is 0.102. The molecule has 0 aliphatic carbocycles. The maximum atomic E-state index is 12.3. The fraction of sp³-hybridized carbons (Fsp3) is 0.0714. The van der Waals surface area contributed by atoms with E-state index in [0.717, 1.165) is 9.37 Å². The molecular formula is C14H10BrCl2NOS. The maximum absolute atomic E-state index is 12.3. The molecule has 0 bridgehead atoms. The molecule has 0 saturated heterocycles. The van der Waals surface area contributed by atoms with Crippen molar-refractivity contribution in [1.29, 1.82) is 0 Å². The summed E-state index contributed by atoms with van der Waals surface area (Å²) < 4.78 is 0.850. The fourth-order valence-electron chi connectivity index (χ4n) is 1.59. The van der Waals surface area contributed by atoms with Gasteiger partial charge in [0.1, 0.15) is 0 Å². The van der Waals surface area contributed by atoms with E-state index < -0.39 is 0 Å². The zero-order chi connectivity index (χ0) is 14.7. The number of carbonyl (C=O) groups excluding carboxylic acids is 1.